The van der Waals surface area contributed by atoms with Crippen LogP contribution < -0.4 is 11.1 Å². The number of hydrogen-bond acceptors (Lipinski definition) is 3. The minimum Gasteiger partial charge on any atom is -0.380 e. The van der Waals surface area contributed by atoms with Crippen LogP contribution in [-0.4, -0.2) is 43.5 Å². The average Bonchev–Trinajstić information content (AvgIpc) is 3.07. The van der Waals surface area contributed by atoms with Crippen LogP contribution in [0.15, 0.2) is 59.6 Å². The molecule has 0 bridgehead atoms. The number of hydrogen-bond donors (Lipinski definition) is 2. The SMILES string of the molecule is COCc1ccccc1NC(N)=NCC1CC(=O)N(CCc2ccccc2)C1.I. The van der Waals surface area contributed by atoms with Crippen molar-refractivity contribution in [2.75, 3.05) is 32.1 Å². The van der Waals surface area contributed by atoms with Crippen molar-refractivity contribution in [1.82, 2.24) is 4.90 Å². The number of likely N-dealkylation sites (tertiary alicyclic amines) is 1. The van der Waals surface area contributed by atoms with Crippen molar-refractivity contribution in [1.29, 1.82) is 0 Å². The van der Waals surface area contributed by atoms with Crippen molar-refractivity contribution < 1.29 is 9.53 Å². The topological polar surface area (TPSA) is 80.0 Å². The smallest absolute Gasteiger partial charge is 0.223 e. The number of para-hydroxylation sites is 1. The van der Waals surface area contributed by atoms with E-state index < -0.39 is 0 Å². The second-order valence-corrected chi connectivity index (χ2v) is 7.09. The van der Waals surface area contributed by atoms with Crippen LogP contribution in [0.4, 0.5) is 5.69 Å². The lowest BCUT2D eigenvalue weighted by atomic mass is 10.1. The highest BCUT2D eigenvalue weighted by molar-refractivity contribution is 14.0. The summed E-state index contributed by atoms with van der Waals surface area (Å²) in [6.07, 6.45) is 1.41. The molecule has 156 valence electrons. The number of halogens is 1. The molecule has 1 saturated heterocycles. The highest BCUT2D eigenvalue weighted by atomic mass is 127. The molecule has 1 heterocycles. The number of rotatable bonds is 8. The van der Waals surface area contributed by atoms with Crippen LogP contribution in [-0.2, 0) is 22.6 Å². The molecule has 3 rings (SSSR count). The van der Waals surface area contributed by atoms with Gasteiger partial charge in [0.15, 0.2) is 5.96 Å². The zero-order chi connectivity index (χ0) is 19.8. The molecule has 1 fully saturated rings. The van der Waals surface area contributed by atoms with E-state index in [0.29, 0.717) is 25.5 Å². The largest absolute Gasteiger partial charge is 0.380 e. The van der Waals surface area contributed by atoms with Crippen molar-refractivity contribution >= 4 is 41.5 Å². The summed E-state index contributed by atoms with van der Waals surface area (Å²) in [4.78, 5) is 18.7. The Balaban J connectivity index is 0.00000300. The molecule has 0 saturated carbocycles. The van der Waals surface area contributed by atoms with Crippen LogP contribution in [0.25, 0.3) is 0 Å². The van der Waals surface area contributed by atoms with E-state index in [2.05, 4.69) is 22.4 Å². The number of aliphatic imine (C=N–C) groups is 1. The van der Waals surface area contributed by atoms with E-state index in [-0.39, 0.29) is 35.8 Å². The first-order valence-electron chi connectivity index (χ1n) is 9.61. The molecule has 3 N–H and O–H groups in total. The summed E-state index contributed by atoms with van der Waals surface area (Å²) in [7, 11) is 1.66. The van der Waals surface area contributed by atoms with E-state index in [1.807, 2.05) is 47.4 Å². The number of nitrogens with zero attached hydrogens (tertiary/aromatic N) is 2. The Kier molecular flexibility index (Phi) is 9.40. The molecule has 2 aromatic carbocycles. The maximum absolute atomic E-state index is 12.3. The normalized spacial score (nSPS) is 16.6. The molecule has 6 nitrogen and oxygen atoms in total. The van der Waals surface area contributed by atoms with Crippen LogP contribution in [0, 0.1) is 5.92 Å². The van der Waals surface area contributed by atoms with Gasteiger partial charge in [-0.2, -0.15) is 0 Å². The summed E-state index contributed by atoms with van der Waals surface area (Å²) in [5.74, 6) is 0.768. The van der Waals surface area contributed by atoms with E-state index >= 15 is 0 Å². The third-order valence-corrected chi connectivity index (χ3v) is 4.91. The van der Waals surface area contributed by atoms with Gasteiger partial charge in [0, 0.05) is 50.3 Å². The van der Waals surface area contributed by atoms with Crippen molar-refractivity contribution in [2.24, 2.45) is 16.6 Å². The molecular formula is C22H29IN4O2. The van der Waals surface area contributed by atoms with Crippen LogP contribution in [0.5, 0.6) is 0 Å². The van der Waals surface area contributed by atoms with Gasteiger partial charge in [-0.3, -0.25) is 9.79 Å². The number of methoxy groups -OCH3 is 1. The summed E-state index contributed by atoms with van der Waals surface area (Å²) in [5, 5.41) is 3.14. The van der Waals surface area contributed by atoms with Gasteiger partial charge in [-0.05, 0) is 18.1 Å². The van der Waals surface area contributed by atoms with Gasteiger partial charge < -0.3 is 20.7 Å². The molecular weight excluding hydrogens is 479 g/mol. The molecule has 0 aliphatic carbocycles. The zero-order valence-corrected chi connectivity index (χ0v) is 19.0. The molecule has 29 heavy (non-hydrogen) atoms. The van der Waals surface area contributed by atoms with Crippen LogP contribution >= 0.6 is 24.0 Å². The number of nitrogens with two attached hydrogens (primary N) is 1. The lowest BCUT2D eigenvalue weighted by molar-refractivity contribution is -0.127. The first kappa shape index (κ1) is 23.2. The Labute approximate surface area is 189 Å². The Morgan fingerprint density at radius 1 is 1.21 bits per heavy atom. The maximum Gasteiger partial charge on any atom is 0.223 e. The molecule has 1 aliphatic heterocycles. The van der Waals surface area contributed by atoms with Gasteiger partial charge in [-0.1, -0.05) is 48.5 Å². The molecule has 1 atom stereocenters. The van der Waals surface area contributed by atoms with Crippen molar-refractivity contribution in [3.63, 3.8) is 0 Å². The number of anilines is 1. The van der Waals surface area contributed by atoms with Gasteiger partial charge in [0.2, 0.25) is 5.91 Å². The fraction of sp³-hybridized carbons (Fsp3) is 0.364. The van der Waals surface area contributed by atoms with Crippen LogP contribution in [0.2, 0.25) is 0 Å². The van der Waals surface area contributed by atoms with E-state index in [9.17, 15) is 4.79 Å². The molecule has 0 spiro atoms. The summed E-state index contributed by atoms with van der Waals surface area (Å²) >= 11 is 0. The van der Waals surface area contributed by atoms with E-state index in [4.69, 9.17) is 10.5 Å². The monoisotopic (exact) mass is 508 g/mol. The summed E-state index contributed by atoms with van der Waals surface area (Å²) in [6, 6.07) is 18.1. The van der Waals surface area contributed by atoms with Crippen molar-refractivity contribution in [3.8, 4) is 0 Å². The predicted molar refractivity (Wildman–Crippen MR) is 128 cm³/mol. The lowest BCUT2D eigenvalue weighted by Crippen LogP contribution is -2.28. The Morgan fingerprint density at radius 3 is 2.69 bits per heavy atom. The van der Waals surface area contributed by atoms with E-state index in [1.54, 1.807) is 7.11 Å². The van der Waals surface area contributed by atoms with E-state index in [1.165, 1.54) is 5.56 Å². The average molecular weight is 508 g/mol. The molecule has 1 unspecified atom stereocenters. The standard InChI is InChI=1S/C22H28N4O2.HI/c1-28-16-19-9-5-6-10-20(19)25-22(23)24-14-18-13-21(27)26(15-18)12-11-17-7-3-2-4-8-17;/h2-10,18H,11-16H2,1H3,(H3,23,24,25);1H. The maximum atomic E-state index is 12.3. The predicted octanol–water partition coefficient (Wildman–Crippen LogP) is 3.27. The minimum atomic E-state index is 0. The number of amides is 1. The molecule has 0 radical (unpaired) electrons. The molecule has 1 aliphatic rings. The van der Waals surface area contributed by atoms with Gasteiger partial charge in [0.25, 0.3) is 0 Å². The highest BCUT2D eigenvalue weighted by Crippen LogP contribution is 2.19. The fourth-order valence-electron chi connectivity index (χ4n) is 3.43. The quantitative estimate of drug-likeness (QED) is 0.326. The van der Waals surface area contributed by atoms with Gasteiger partial charge in [0.1, 0.15) is 0 Å². The van der Waals surface area contributed by atoms with Gasteiger partial charge in [-0.15, -0.1) is 24.0 Å². The molecule has 0 aromatic heterocycles. The Morgan fingerprint density at radius 2 is 1.93 bits per heavy atom. The minimum absolute atomic E-state index is 0. The first-order chi connectivity index (χ1) is 13.7. The summed E-state index contributed by atoms with van der Waals surface area (Å²) in [6.45, 7) is 2.53. The van der Waals surface area contributed by atoms with Crippen molar-refractivity contribution in [2.45, 2.75) is 19.4 Å². The Hall–Kier alpha value is -2.13. The second-order valence-electron chi connectivity index (χ2n) is 7.09. The third-order valence-electron chi connectivity index (χ3n) is 4.91. The number of nitrogens with one attached hydrogen (secondary N) is 1. The fourth-order valence-corrected chi connectivity index (χ4v) is 3.43. The number of ether oxygens (including phenoxy) is 1. The van der Waals surface area contributed by atoms with Gasteiger partial charge >= 0.3 is 0 Å². The third kappa shape index (κ3) is 7.01. The number of carbonyl (C=O) groups excluding carboxylic acids is 1. The number of guanidine groups is 1. The number of benzene rings is 2. The molecule has 1 amide bonds. The van der Waals surface area contributed by atoms with Gasteiger partial charge in [0.05, 0.1) is 6.61 Å². The van der Waals surface area contributed by atoms with E-state index in [0.717, 1.165) is 30.8 Å². The van der Waals surface area contributed by atoms with Gasteiger partial charge in [-0.25, -0.2) is 0 Å². The van der Waals surface area contributed by atoms with Crippen LogP contribution in [0.3, 0.4) is 0 Å². The Bertz CT molecular complexity index is 813. The first-order valence-corrected chi connectivity index (χ1v) is 9.61. The van der Waals surface area contributed by atoms with Crippen LogP contribution in [0.1, 0.15) is 17.5 Å². The highest BCUT2D eigenvalue weighted by Gasteiger charge is 2.28. The van der Waals surface area contributed by atoms with Crippen molar-refractivity contribution in [3.05, 3.63) is 65.7 Å². The molecule has 2 aromatic rings. The zero-order valence-electron chi connectivity index (χ0n) is 16.7. The second kappa shape index (κ2) is 11.8. The molecule has 7 heteroatoms. The summed E-state index contributed by atoms with van der Waals surface area (Å²) in [5.41, 5.74) is 9.21. The lowest BCUT2D eigenvalue weighted by Gasteiger charge is -2.16. The number of carbonyl (C=O) groups is 1. The summed E-state index contributed by atoms with van der Waals surface area (Å²) < 4.78 is 5.21.